The molecule has 0 bridgehead atoms. The number of amidine groups is 1. The molecule has 0 unspecified atom stereocenters. The van der Waals surface area contributed by atoms with Gasteiger partial charge in [0.15, 0.2) is 5.84 Å². The standard InChI is InChI=1S/C18H15N3O2S2/c19-17(21-23-18(22)15-7-4-10-24-15)14-6-3-5-13(11-14)12-25-16-8-1-2-9-20-16/h1-11H,12H2,(H2,19,21). The lowest BCUT2D eigenvalue weighted by atomic mass is 10.1. The van der Waals surface area contributed by atoms with Crippen LogP contribution in [0.3, 0.4) is 0 Å². The Labute approximate surface area is 153 Å². The van der Waals surface area contributed by atoms with Gasteiger partial charge in [-0.25, -0.2) is 9.78 Å². The van der Waals surface area contributed by atoms with Crippen molar-refractivity contribution in [2.45, 2.75) is 10.8 Å². The van der Waals surface area contributed by atoms with Gasteiger partial charge >= 0.3 is 5.97 Å². The van der Waals surface area contributed by atoms with Crippen molar-refractivity contribution >= 4 is 34.9 Å². The van der Waals surface area contributed by atoms with Crippen LogP contribution in [0.2, 0.25) is 0 Å². The lowest BCUT2D eigenvalue weighted by Gasteiger charge is -2.05. The van der Waals surface area contributed by atoms with Crippen LogP contribution in [0.25, 0.3) is 0 Å². The van der Waals surface area contributed by atoms with Crippen molar-refractivity contribution in [2.75, 3.05) is 0 Å². The van der Waals surface area contributed by atoms with Gasteiger partial charge in [0.1, 0.15) is 4.88 Å². The molecule has 2 N–H and O–H groups in total. The molecule has 2 aromatic heterocycles. The molecule has 3 rings (SSSR count). The van der Waals surface area contributed by atoms with Crippen molar-refractivity contribution in [3.8, 4) is 0 Å². The number of carbonyl (C=O) groups excluding carboxylic acids is 1. The summed E-state index contributed by atoms with van der Waals surface area (Å²) in [5.74, 6) is 0.405. The van der Waals surface area contributed by atoms with Crippen molar-refractivity contribution in [1.29, 1.82) is 0 Å². The highest BCUT2D eigenvalue weighted by molar-refractivity contribution is 7.98. The molecule has 0 aliphatic rings. The molecule has 0 radical (unpaired) electrons. The molecule has 0 aliphatic carbocycles. The van der Waals surface area contributed by atoms with Crippen LogP contribution in [0.5, 0.6) is 0 Å². The van der Waals surface area contributed by atoms with Gasteiger partial charge in [-0.05, 0) is 35.2 Å². The third-order valence-electron chi connectivity index (χ3n) is 3.20. The maximum atomic E-state index is 11.8. The first kappa shape index (κ1) is 17.2. The van der Waals surface area contributed by atoms with Crippen LogP contribution in [0, 0.1) is 0 Å². The summed E-state index contributed by atoms with van der Waals surface area (Å²) in [6.45, 7) is 0. The fourth-order valence-corrected chi connectivity index (χ4v) is 3.39. The van der Waals surface area contributed by atoms with Crippen molar-refractivity contribution < 1.29 is 9.63 Å². The molecule has 0 saturated heterocycles. The van der Waals surface area contributed by atoms with Crippen LogP contribution in [0.15, 0.2) is 76.4 Å². The second-order valence-electron chi connectivity index (χ2n) is 4.99. The minimum absolute atomic E-state index is 0.162. The number of oxime groups is 1. The number of rotatable bonds is 6. The predicted molar refractivity (Wildman–Crippen MR) is 101 cm³/mol. The number of carbonyl (C=O) groups is 1. The molecule has 0 spiro atoms. The Bertz CT molecular complexity index is 865. The molecule has 126 valence electrons. The Morgan fingerprint density at radius 2 is 2.12 bits per heavy atom. The Morgan fingerprint density at radius 3 is 2.88 bits per heavy atom. The van der Waals surface area contributed by atoms with Crippen LogP contribution < -0.4 is 5.73 Å². The van der Waals surface area contributed by atoms with E-state index in [-0.39, 0.29) is 5.84 Å². The fraction of sp³-hybridized carbons (Fsp3) is 0.0556. The third kappa shape index (κ3) is 4.91. The van der Waals surface area contributed by atoms with E-state index in [2.05, 4.69) is 10.1 Å². The molecular formula is C18H15N3O2S2. The zero-order valence-electron chi connectivity index (χ0n) is 13.2. The number of pyridine rings is 1. The van der Waals surface area contributed by atoms with Crippen molar-refractivity contribution in [1.82, 2.24) is 4.98 Å². The zero-order valence-corrected chi connectivity index (χ0v) is 14.8. The van der Waals surface area contributed by atoms with E-state index < -0.39 is 5.97 Å². The van der Waals surface area contributed by atoms with Crippen LogP contribution in [-0.2, 0) is 10.6 Å². The first-order valence-electron chi connectivity index (χ1n) is 7.44. The van der Waals surface area contributed by atoms with E-state index in [9.17, 15) is 4.79 Å². The van der Waals surface area contributed by atoms with Gasteiger partial charge in [-0.15, -0.1) is 23.1 Å². The molecule has 1 aromatic carbocycles. The molecule has 2 heterocycles. The SMILES string of the molecule is NC(=NOC(=O)c1cccs1)c1cccc(CSc2ccccn2)c1. The summed E-state index contributed by atoms with van der Waals surface area (Å²) < 4.78 is 0. The van der Waals surface area contributed by atoms with E-state index in [1.807, 2.05) is 42.5 Å². The highest BCUT2D eigenvalue weighted by Gasteiger charge is 2.09. The minimum atomic E-state index is -0.514. The normalized spacial score (nSPS) is 11.3. The largest absolute Gasteiger partial charge is 0.380 e. The van der Waals surface area contributed by atoms with Crippen LogP contribution in [0.1, 0.15) is 20.8 Å². The summed E-state index contributed by atoms with van der Waals surface area (Å²) in [7, 11) is 0. The highest BCUT2D eigenvalue weighted by atomic mass is 32.2. The van der Waals surface area contributed by atoms with Gasteiger partial charge in [0.25, 0.3) is 0 Å². The highest BCUT2D eigenvalue weighted by Crippen LogP contribution is 2.20. The molecule has 25 heavy (non-hydrogen) atoms. The molecule has 5 nitrogen and oxygen atoms in total. The van der Waals surface area contributed by atoms with Crippen molar-refractivity contribution in [3.05, 3.63) is 82.2 Å². The van der Waals surface area contributed by atoms with Gasteiger partial charge in [0.05, 0.1) is 5.03 Å². The van der Waals surface area contributed by atoms with Crippen LogP contribution in [-0.4, -0.2) is 16.8 Å². The summed E-state index contributed by atoms with van der Waals surface area (Å²) in [5.41, 5.74) is 7.72. The Kier molecular flexibility index (Phi) is 5.81. The van der Waals surface area contributed by atoms with E-state index in [0.717, 1.165) is 16.3 Å². The van der Waals surface area contributed by atoms with Gasteiger partial charge in [0.2, 0.25) is 0 Å². The maximum Gasteiger partial charge on any atom is 0.375 e. The molecule has 7 heteroatoms. The summed E-state index contributed by atoms with van der Waals surface area (Å²) in [4.78, 5) is 21.4. The molecule has 3 aromatic rings. The Hall–Kier alpha value is -2.64. The van der Waals surface area contributed by atoms with E-state index >= 15 is 0 Å². The lowest BCUT2D eigenvalue weighted by molar-refractivity contribution is 0.0522. The third-order valence-corrected chi connectivity index (χ3v) is 5.06. The lowest BCUT2D eigenvalue weighted by Crippen LogP contribution is -2.15. The smallest absolute Gasteiger partial charge is 0.375 e. The van der Waals surface area contributed by atoms with Crippen LogP contribution in [0.4, 0.5) is 0 Å². The van der Waals surface area contributed by atoms with E-state index in [1.54, 1.807) is 35.5 Å². The topological polar surface area (TPSA) is 77.6 Å². The monoisotopic (exact) mass is 369 g/mol. The van der Waals surface area contributed by atoms with Crippen molar-refractivity contribution in [3.63, 3.8) is 0 Å². The number of nitrogens with zero attached hydrogens (tertiary/aromatic N) is 2. The van der Waals surface area contributed by atoms with Crippen molar-refractivity contribution in [2.24, 2.45) is 10.9 Å². The number of thioether (sulfide) groups is 1. The van der Waals surface area contributed by atoms with Gasteiger partial charge in [-0.3, -0.25) is 0 Å². The van der Waals surface area contributed by atoms with Crippen LogP contribution >= 0.6 is 23.1 Å². The molecule has 0 amide bonds. The molecule has 0 fully saturated rings. The van der Waals surface area contributed by atoms with Gasteiger partial charge < -0.3 is 10.6 Å². The number of hydrogen-bond donors (Lipinski definition) is 1. The fourth-order valence-electron chi connectivity index (χ4n) is 1.99. The maximum absolute atomic E-state index is 11.8. The first-order chi connectivity index (χ1) is 12.2. The first-order valence-corrected chi connectivity index (χ1v) is 9.30. The number of benzene rings is 1. The summed E-state index contributed by atoms with van der Waals surface area (Å²) in [6.07, 6.45) is 1.77. The average Bonchev–Trinajstić information content (AvgIpc) is 3.20. The average molecular weight is 369 g/mol. The van der Waals surface area contributed by atoms with E-state index in [1.165, 1.54) is 11.3 Å². The molecule has 0 saturated carbocycles. The predicted octanol–water partition coefficient (Wildman–Crippen LogP) is 3.91. The zero-order chi connectivity index (χ0) is 17.5. The minimum Gasteiger partial charge on any atom is -0.380 e. The molecular weight excluding hydrogens is 354 g/mol. The summed E-state index contributed by atoms with van der Waals surface area (Å²) >= 11 is 2.93. The van der Waals surface area contributed by atoms with Gasteiger partial charge in [-0.2, -0.15) is 0 Å². The quantitative estimate of drug-likeness (QED) is 0.234. The van der Waals surface area contributed by atoms with E-state index in [0.29, 0.717) is 10.4 Å². The number of thiophene rings is 1. The summed E-state index contributed by atoms with van der Waals surface area (Å²) in [5, 5.41) is 6.50. The number of aromatic nitrogens is 1. The second-order valence-corrected chi connectivity index (χ2v) is 6.93. The second kappa shape index (κ2) is 8.46. The Balaban J connectivity index is 1.63. The Morgan fingerprint density at radius 1 is 1.20 bits per heavy atom. The summed E-state index contributed by atoms with van der Waals surface area (Å²) in [6, 6.07) is 16.9. The number of hydrogen-bond acceptors (Lipinski definition) is 6. The van der Waals surface area contributed by atoms with Gasteiger partial charge in [0, 0.05) is 17.5 Å². The molecule has 0 aliphatic heterocycles. The van der Waals surface area contributed by atoms with Gasteiger partial charge in [-0.1, -0.05) is 35.5 Å². The molecule has 0 atom stereocenters. The van der Waals surface area contributed by atoms with E-state index in [4.69, 9.17) is 10.6 Å². The number of nitrogens with two attached hydrogens (primary N) is 1.